The second-order valence-electron chi connectivity index (χ2n) is 5.26. The van der Waals surface area contributed by atoms with E-state index in [1.54, 1.807) is 7.05 Å². The first kappa shape index (κ1) is 19.8. The molecule has 0 bridgehead atoms. The smallest absolute Gasteiger partial charge is 0.356 e. The van der Waals surface area contributed by atoms with E-state index >= 15 is 0 Å². The van der Waals surface area contributed by atoms with E-state index in [0.717, 1.165) is 6.42 Å². The Morgan fingerprint density at radius 1 is 1.40 bits per heavy atom. The maximum absolute atomic E-state index is 12.3. The van der Waals surface area contributed by atoms with Crippen LogP contribution in [0, 0.1) is 5.92 Å². The normalized spacial score (nSPS) is 20.9. The third-order valence-corrected chi connectivity index (χ3v) is 2.98. The van der Waals surface area contributed by atoms with Crippen LogP contribution in [0.3, 0.4) is 0 Å². The molecule has 1 aliphatic rings. The van der Waals surface area contributed by atoms with Gasteiger partial charge in [-0.3, -0.25) is 9.89 Å². The highest BCUT2D eigenvalue weighted by Crippen LogP contribution is 2.22. The predicted octanol–water partition coefficient (Wildman–Crippen LogP) is 2.06. The van der Waals surface area contributed by atoms with Crippen molar-refractivity contribution in [1.29, 1.82) is 0 Å². The molecule has 1 fully saturated rings. The lowest BCUT2D eigenvalue weighted by Gasteiger charge is -2.19. The number of likely N-dealkylation sites (tertiary alicyclic amines) is 1. The lowest BCUT2D eigenvalue weighted by molar-refractivity contribution is -0.143. The van der Waals surface area contributed by atoms with Gasteiger partial charge in [0.1, 0.15) is 0 Å². The minimum absolute atomic E-state index is 0. The zero-order chi connectivity index (χ0) is 14.5. The van der Waals surface area contributed by atoms with Gasteiger partial charge in [0, 0.05) is 26.2 Å². The van der Waals surface area contributed by atoms with Gasteiger partial charge in [0.15, 0.2) is 5.96 Å². The summed E-state index contributed by atoms with van der Waals surface area (Å²) in [5.41, 5.74) is 0. The summed E-state index contributed by atoms with van der Waals surface area (Å²) in [5.74, 6) is 0.942. The topological polar surface area (TPSA) is 39.7 Å². The van der Waals surface area contributed by atoms with Crippen LogP contribution in [0.4, 0.5) is 13.2 Å². The number of halogens is 4. The van der Waals surface area contributed by atoms with E-state index in [9.17, 15) is 13.2 Å². The second-order valence-corrected chi connectivity index (χ2v) is 5.26. The van der Waals surface area contributed by atoms with Crippen LogP contribution in [0.2, 0.25) is 0 Å². The number of nitrogens with zero attached hydrogens (tertiary/aromatic N) is 2. The Labute approximate surface area is 135 Å². The van der Waals surface area contributed by atoms with E-state index in [-0.39, 0.29) is 35.9 Å². The monoisotopic (exact) mass is 408 g/mol. The number of rotatable bonds is 4. The highest BCUT2D eigenvalue weighted by atomic mass is 127. The van der Waals surface area contributed by atoms with Crippen LogP contribution in [0.1, 0.15) is 20.3 Å². The molecule has 4 nitrogen and oxygen atoms in total. The molecule has 1 atom stereocenters. The fourth-order valence-corrected chi connectivity index (χ4v) is 2.19. The van der Waals surface area contributed by atoms with Crippen LogP contribution in [0.25, 0.3) is 0 Å². The molecule has 1 heterocycles. The first-order valence-electron chi connectivity index (χ1n) is 6.56. The Morgan fingerprint density at radius 3 is 2.55 bits per heavy atom. The first-order chi connectivity index (χ1) is 8.80. The third-order valence-electron chi connectivity index (χ3n) is 2.98. The minimum Gasteiger partial charge on any atom is -0.356 e. The van der Waals surface area contributed by atoms with Gasteiger partial charge in [-0.1, -0.05) is 0 Å². The van der Waals surface area contributed by atoms with Gasteiger partial charge in [-0.05, 0) is 32.7 Å². The van der Waals surface area contributed by atoms with E-state index in [0.29, 0.717) is 25.6 Å². The highest BCUT2D eigenvalue weighted by molar-refractivity contribution is 14.0. The minimum atomic E-state index is -4.10. The molecule has 0 aliphatic carbocycles. The average Bonchev–Trinajstić information content (AvgIpc) is 2.68. The summed E-state index contributed by atoms with van der Waals surface area (Å²) in [6, 6.07) is 0.275. The third kappa shape index (κ3) is 8.13. The maximum atomic E-state index is 12.3. The van der Waals surface area contributed by atoms with Crippen molar-refractivity contribution in [2.45, 2.75) is 32.5 Å². The molecule has 1 rings (SSSR count). The quantitative estimate of drug-likeness (QED) is 0.425. The van der Waals surface area contributed by atoms with Crippen molar-refractivity contribution in [3.63, 3.8) is 0 Å². The molecule has 0 aromatic heterocycles. The van der Waals surface area contributed by atoms with Crippen molar-refractivity contribution in [1.82, 2.24) is 15.5 Å². The standard InChI is InChI=1S/C12H23F3N4.HI/c1-9(2)18-11(16-3)17-6-10-4-5-19(7-10)8-12(13,14)15;/h9-10H,4-8H2,1-3H3,(H2,16,17,18);1H. The van der Waals surface area contributed by atoms with Crippen molar-refractivity contribution in [3.05, 3.63) is 0 Å². The van der Waals surface area contributed by atoms with Crippen LogP contribution < -0.4 is 10.6 Å². The molecule has 1 saturated heterocycles. The summed E-state index contributed by atoms with van der Waals surface area (Å²) in [6.07, 6.45) is -3.31. The van der Waals surface area contributed by atoms with Crippen molar-refractivity contribution < 1.29 is 13.2 Å². The van der Waals surface area contributed by atoms with Crippen molar-refractivity contribution in [2.24, 2.45) is 10.9 Å². The number of hydrogen-bond acceptors (Lipinski definition) is 2. The van der Waals surface area contributed by atoms with Gasteiger partial charge < -0.3 is 10.6 Å². The molecule has 0 saturated carbocycles. The van der Waals surface area contributed by atoms with Gasteiger partial charge >= 0.3 is 6.18 Å². The number of guanidine groups is 1. The zero-order valence-electron chi connectivity index (χ0n) is 12.1. The highest BCUT2D eigenvalue weighted by Gasteiger charge is 2.34. The molecular formula is C12H24F3IN4. The summed E-state index contributed by atoms with van der Waals surface area (Å²) >= 11 is 0. The largest absolute Gasteiger partial charge is 0.401 e. The zero-order valence-corrected chi connectivity index (χ0v) is 14.5. The summed E-state index contributed by atoms with van der Waals surface area (Å²) in [4.78, 5) is 5.53. The second kappa shape index (κ2) is 8.91. The number of nitrogens with one attached hydrogen (secondary N) is 2. The predicted molar refractivity (Wildman–Crippen MR) is 85.7 cm³/mol. The summed E-state index contributed by atoms with van der Waals surface area (Å²) < 4.78 is 36.8. The number of alkyl halides is 3. The Kier molecular flexibility index (Phi) is 8.80. The Morgan fingerprint density at radius 2 is 2.05 bits per heavy atom. The number of aliphatic imine (C=N–C) groups is 1. The van der Waals surface area contributed by atoms with Crippen molar-refractivity contribution in [3.8, 4) is 0 Å². The van der Waals surface area contributed by atoms with E-state index in [4.69, 9.17) is 0 Å². The van der Waals surface area contributed by atoms with Crippen LogP contribution in [-0.2, 0) is 0 Å². The van der Waals surface area contributed by atoms with Gasteiger partial charge in [-0.2, -0.15) is 13.2 Å². The van der Waals surface area contributed by atoms with Crippen LogP contribution in [0.15, 0.2) is 4.99 Å². The molecular weight excluding hydrogens is 384 g/mol. The Bertz CT molecular complexity index is 308. The molecule has 1 unspecified atom stereocenters. The van der Waals surface area contributed by atoms with Gasteiger partial charge in [-0.25, -0.2) is 0 Å². The van der Waals surface area contributed by atoms with Gasteiger partial charge in [-0.15, -0.1) is 24.0 Å². The van der Waals surface area contributed by atoms with E-state index in [1.165, 1.54) is 4.90 Å². The SMILES string of the molecule is CN=C(NCC1CCN(CC(F)(F)F)C1)NC(C)C.I. The van der Waals surface area contributed by atoms with Gasteiger partial charge in [0.25, 0.3) is 0 Å². The number of hydrogen-bond donors (Lipinski definition) is 2. The lowest BCUT2D eigenvalue weighted by atomic mass is 10.1. The molecule has 20 heavy (non-hydrogen) atoms. The molecule has 0 radical (unpaired) electrons. The van der Waals surface area contributed by atoms with Crippen LogP contribution in [0.5, 0.6) is 0 Å². The van der Waals surface area contributed by atoms with Crippen molar-refractivity contribution in [2.75, 3.05) is 33.2 Å². The fraction of sp³-hybridized carbons (Fsp3) is 0.917. The van der Waals surface area contributed by atoms with Gasteiger partial charge in [0.2, 0.25) is 0 Å². The summed E-state index contributed by atoms with van der Waals surface area (Å²) in [6.45, 7) is 4.87. The molecule has 0 aromatic rings. The Balaban J connectivity index is 0.00000361. The van der Waals surface area contributed by atoms with E-state index in [1.807, 2.05) is 13.8 Å². The summed E-state index contributed by atoms with van der Waals surface area (Å²) in [5, 5.41) is 6.31. The van der Waals surface area contributed by atoms with Crippen LogP contribution >= 0.6 is 24.0 Å². The molecule has 120 valence electrons. The molecule has 0 aromatic carbocycles. The first-order valence-corrected chi connectivity index (χ1v) is 6.56. The summed E-state index contributed by atoms with van der Waals surface area (Å²) in [7, 11) is 1.68. The van der Waals surface area contributed by atoms with Crippen molar-refractivity contribution >= 4 is 29.9 Å². The Hall–Kier alpha value is -0.250. The fourth-order valence-electron chi connectivity index (χ4n) is 2.19. The van der Waals surface area contributed by atoms with E-state index in [2.05, 4.69) is 15.6 Å². The molecule has 0 spiro atoms. The van der Waals surface area contributed by atoms with E-state index < -0.39 is 12.7 Å². The van der Waals surface area contributed by atoms with Gasteiger partial charge in [0.05, 0.1) is 6.54 Å². The molecule has 1 aliphatic heterocycles. The maximum Gasteiger partial charge on any atom is 0.401 e. The molecule has 0 amide bonds. The van der Waals surface area contributed by atoms with Crippen LogP contribution in [-0.4, -0.2) is 56.3 Å². The molecule has 8 heteroatoms. The molecule has 2 N–H and O–H groups in total. The lowest BCUT2D eigenvalue weighted by Crippen LogP contribution is -2.43. The average molecular weight is 408 g/mol.